The molecule has 0 spiro atoms. The molecular weight excluding hydrogens is 164 g/mol. The van der Waals surface area contributed by atoms with Crippen LogP contribution in [0.5, 0.6) is 0 Å². The van der Waals surface area contributed by atoms with Crippen molar-refractivity contribution in [1.29, 1.82) is 0 Å². The zero-order valence-corrected chi connectivity index (χ0v) is 6.11. The lowest BCUT2D eigenvalue weighted by molar-refractivity contribution is -0.138. The van der Waals surface area contributed by atoms with Crippen LogP contribution >= 0.6 is 0 Å². The standard InChI is InChI=1S/C6H8N2O4/c7-4(5(9)10)1-3-2-8-12-6(3)11/h2,4,8H,1,7H2,(H,9,10)/t4-/m1/s1. The average Bonchev–Trinajstić information content (AvgIpc) is 2.36. The lowest BCUT2D eigenvalue weighted by Crippen LogP contribution is -2.33. The van der Waals surface area contributed by atoms with E-state index in [2.05, 4.69) is 9.68 Å². The number of nitrogens with two attached hydrogens (primary N) is 1. The topological polar surface area (TPSA) is 109 Å². The lowest BCUT2D eigenvalue weighted by Gasteiger charge is -2.00. The summed E-state index contributed by atoms with van der Waals surface area (Å²) in [5, 5.41) is 10.6. The molecule has 0 aliphatic carbocycles. The quantitative estimate of drug-likeness (QED) is 0.537. The van der Waals surface area contributed by atoms with Crippen LogP contribution in [0.2, 0.25) is 0 Å². The summed E-state index contributed by atoms with van der Waals surface area (Å²) < 4.78 is 4.32. The van der Waals surface area contributed by atoms with Crippen molar-refractivity contribution in [2.45, 2.75) is 12.5 Å². The van der Waals surface area contributed by atoms with Crippen molar-refractivity contribution in [3.8, 4) is 0 Å². The van der Waals surface area contributed by atoms with Gasteiger partial charge in [-0.2, -0.15) is 0 Å². The van der Waals surface area contributed by atoms with Crippen LogP contribution in [-0.2, 0) is 11.2 Å². The number of aromatic amines is 1. The van der Waals surface area contributed by atoms with Gasteiger partial charge < -0.3 is 15.4 Å². The van der Waals surface area contributed by atoms with Crippen LogP contribution < -0.4 is 11.4 Å². The van der Waals surface area contributed by atoms with Crippen LogP contribution in [0.15, 0.2) is 15.5 Å². The minimum atomic E-state index is -1.14. The van der Waals surface area contributed by atoms with Gasteiger partial charge in [-0.25, -0.2) is 9.95 Å². The van der Waals surface area contributed by atoms with Crippen LogP contribution in [-0.4, -0.2) is 22.3 Å². The fraction of sp³-hybridized carbons (Fsp3) is 0.333. The number of H-pyrrole nitrogens is 1. The zero-order valence-electron chi connectivity index (χ0n) is 6.11. The Balaban J connectivity index is 2.70. The van der Waals surface area contributed by atoms with E-state index in [9.17, 15) is 9.59 Å². The third-order valence-electron chi connectivity index (χ3n) is 1.40. The number of hydrogen-bond acceptors (Lipinski definition) is 4. The van der Waals surface area contributed by atoms with E-state index in [-0.39, 0.29) is 12.0 Å². The van der Waals surface area contributed by atoms with E-state index < -0.39 is 17.6 Å². The molecule has 4 N–H and O–H groups in total. The maximum absolute atomic E-state index is 10.7. The Morgan fingerprint density at radius 2 is 2.50 bits per heavy atom. The first kappa shape index (κ1) is 8.54. The third-order valence-corrected chi connectivity index (χ3v) is 1.40. The second-order valence-electron chi connectivity index (χ2n) is 2.33. The van der Waals surface area contributed by atoms with Crippen LogP contribution in [0.1, 0.15) is 5.56 Å². The molecule has 1 aromatic rings. The molecule has 6 heteroatoms. The highest BCUT2D eigenvalue weighted by Crippen LogP contribution is 1.94. The fourth-order valence-corrected chi connectivity index (χ4v) is 0.745. The van der Waals surface area contributed by atoms with Crippen molar-refractivity contribution in [2.24, 2.45) is 5.73 Å². The van der Waals surface area contributed by atoms with Crippen LogP contribution in [0.3, 0.4) is 0 Å². The molecule has 1 rings (SSSR count). The van der Waals surface area contributed by atoms with Gasteiger partial charge in [0.05, 0.1) is 5.56 Å². The first-order valence-corrected chi connectivity index (χ1v) is 3.25. The van der Waals surface area contributed by atoms with Crippen LogP contribution in [0, 0.1) is 0 Å². The SMILES string of the molecule is N[C@H](Cc1c[nH]oc1=O)C(=O)O. The second kappa shape index (κ2) is 3.22. The van der Waals surface area contributed by atoms with Crippen molar-refractivity contribution < 1.29 is 14.4 Å². The summed E-state index contributed by atoms with van der Waals surface area (Å²) in [5.41, 5.74) is 4.85. The van der Waals surface area contributed by atoms with Gasteiger partial charge in [0.25, 0.3) is 0 Å². The molecule has 0 aliphatic heterocycles. The molecule has 0 amide bonds. The van der Waals surface area contributed by atoms with Crippen molar-refractivity contribution in [3.63, 3.8) is 0 Å². The van der Waals surface area contributed by atoms with E-state index in [1.54, 1.807) is 0 Å². The maximum Gasteiger partial charge on any atom is 0.360 e. The molecule has 1 aromatic heterocycles. The predicted molar refractivity (Wildman–Crippen MR) is 38.6 cm³/mol. The van der Waals surface area contributed by atoms with E-state index in [0.717, 1.165) is 0 Å². The van der Waals surface area contributed by atoms with Gasteiger partial charge in [0.2, 0.25) is 0 Å². The highest BCUT2D eigenvalue weighted by Gasteiger charge is 2.15. The minimum Gasteiger partial charge on any atom is -0.480 e. The molecule has 0 radical (unpaired) electrons. The number of carboxylic acids is 1. The highest BCUT2D eigenvalue weighted by molar-refractivity contribution is 5.73. The first-order valence-electron chi connectivity index (χ1n) is 3.25. The van der Waals surface area contributed by atoms with Gasteiger partial charge in [-0.05, 0) is 0 Å². The maximum atomic E-state index is 10.7. The second-order valence-corrected chi connectivity index (χ2v) is 2.33. The van der Waals surface area contributed by atoms with E-state index in [4.69, 9.17) is 10.8 Å². The normalized spacial score (nSPS) is 12.8. The number of carbonyl (C=O) groups is 1. The Bertz CT molecular complexity index is 326. The minimum absolute atomic E-state index is 0.0266. The Labute approximate surface area is 66.9 Å². The molecule has 0 saturated carbocycles. The van der Waals surface area contributed by atoms with Gasteiger partial charge in [0.15, 0.2) is 0 Å². The number of nitrogens with one attached hydrogen (secondary N) is 1. The first-order chi connectivity index (χ1) is 5.61. The van der Waals surface area contributed by atoms with Gasteiger partial charge in [-0.1, -0.05) is 0 Å². The number of carboxylic acid groups (broad SMARTS) is 1. The van der Waals surface area contributed by atoms with Crippen molar-refractivity contribution in [3.05, 3.63) is 22.2 Å². The number of aromatic nitrogens is 1. The molecule has 0 saturated heterocycles. The summed E-state index contributed by atoms with van der Waals surface area (Å²) in [6.07, 6.45) is 1.27. The third kappa shape index (κ3) is 1.73. The molecule has 0 fully saturated rings. The molecule has 66 valence electrons. The van der Waals surface area contributed by atoms with E-state index in [0.29, 0.717) is 0 Å². The molecular formula is C6H8N2O4. The molecule has 1 atom stereocenters. The smallest absolute Gasteiger partial charge is 0.360 e. The predicted octanol–water partition coefficient (Wildman–Crippen LogP) is -1.08. The molecule has 0 bridgehead atoms. The summed E-state index contributed by atoms with van der Waals surface area (Å²) >= 11 is 0. The summed E-state index contributed by atoms with van der Waals surface area (Å²) in [4.78, 5) is 21.0. The number of hydrogen-bond donors (Lipinski definition) is 3. The fourth-order valence-electron chi connectivity index (χ4n) is 0.745. The van der Waals surface area contributed by atoms with E-state index >= 15 is 0 Å². The van der Waals surface area contributed by atoms with Gasteiger partial charge in [0.1, 0.15) is 6.04 Å². The highest BCUT2D eigenvalue weighted by atomic mass is 16.5. The Morgan fingerprint density at radius 1 is 1.83 bits per heavy atom. The Morgan fingerprint density at radius 3 is 2.92 bits per heavy atom. The van der Waals surface area contributed by atoms with Gasteiger partial charge >= 0.3 is 11.6 Å². The van der Waals surface area contributed by atoms with Gasteiger partial charge in [0, 0.05) is 12.6 Å². The Hall–Kier alpha value is -1.56. The summed E-state index contributed by atoms with van der Waals surface area (Å²) in [6.45, 7) is 0. The molecule has 1 heterocycles. The average molecular weight is 172 g/mol. The Kier molecular flexibility index (Phi) is 2.29. The van der Waals surface area contributed by atoms with Crippen molar-refractivity contribution in [1.82, 2.24) is 5.16 Å². The zero-order chi connectivity index (χ0) is 9.14. The molecule has 0 aromatic carbocycles. The summed E-state index contributed by atoms with van der Waals surface area (Å²) in [7, 11) is 0. The van der Waals surface area contributed by atoms with Crippen molar-refractivity contribution >= 4 is 5.97 Å². The molecule has 0 aliphatic rings. The summed E-state index contributed by atoms with van der Waals surface area (Å²) in [5.74, 6) is -1.14. The van der Waals surface area contributed by atoms with E-state index in [1.165, 1.54) is 6.20 Å². The van der Waals surface area contributed by atoms with Crippen molar-refractivity contribution in [2.75, 3.05) is 0 Å². The molecule has 12 heavy (non-hydrogen) atoms. The van der Waals surface area contributed by atoms with Gasteiger partial charge in [-0.15, -0.1) is 0 Å². The van der Waals surface area contributed by atoms with Gasteiger partial charge in [-0.3, -0.25) is 4.79 Å². The van der Waals surface area contributed by atoms with Crippen LogP contribution in [0.25, 0.3) is 0 Å². The van der Waals surface area contributed by atoms with Crippen LogP contribution in [0.4, 0.5) is 0 Å². The molecule has 6 nitrogen and oxygen atoms in total. The number of rotatable bonds is 3. The van der Waals surface area contributed by atoms with E-state index in [1.807, 2.05) is 0 Å². The lowest BCUT2D eigenvalue weighted by atomic mass is 10.1. The largest absolute Gasteiger partial charge is 0.480 e. The monoisotopic (exact) mass is 172 g/mol. The number of aliphatic carboxylic acids is 1. The summed E-state index contributed by atoms with van der Waals surface area (Å²) in [6, 6.07) is -1.07. The molecule has 0 unspecified atom stereocenters.